The molecular weight excluding hydrogens is 380 g/mol. The first kappa shape index (κ1) is 19.1. The summed E-state index contributed by atoms with van der Waals surface area (Å²) in [5, 5.41) is 7.24. The van der Waals surface area contributed by atoms with Crippen molar-refractivity contribution in [2.75, 3.05) is 0 Å². The van der Waals surface area contributed by atoms with E-state index in [1.54, 1.807) is 0 Å². The zero-order chi connectivity index (χ0) is 10.4. The van der Waals surface area contributed by atoms with Crippen LogP contribution < -0.4 is 0 Å². The number of hydrogen-bond donors (Lipinski definition) is 1. The van der Waals surface area contributed by atoms with Gasteiger partial charge in [0.1, 0.15) is 0 Å². The molecule has 0 spiro atoms. The second-order valence-corrected chi connectivity index (χ2v) is 4.56. The van der Waals surface area contributed by atoms with E-state index in [4.69, 9.17) is 9.90 Å². The van der Waals surface area contributed by atoms with Gasteiger partial charge in [0, 0.05) is 24.0 Å². The minimum Gasteiger partial charge on any atom is 0 e. The fourth-order valence-electron chi connectivity index (χ4n) is 0. The first-order valence-electron chi connectivity index (χ1n) is 2.07. The third kappa shape index (κ3) is 24.5. The molecular formula is C3H5CuF3IO4S. The molecule has 0 aliphatic rings. The van der Waals surface area contributed by atoms with Gasteiger partial charge in [0.05, 0.1) is 0 Å². The Balaban J connectivity index is -0.000000143. The molecule has 0 saturated heterocycles. The van der Waals surface area contributed by atoms with E-state index in [1.165, 1.54) is 0 Å². The van der Waals surface area contributed by atoms with Crippen molar-refractivity contribution < 1.29 is 44.8 Å². The SMILES string of the molecule is O=C(O)C(F)F.[CH3][Cu][S](=O)(=O)F.[I]. The summed E-state index contributed by atoms with van der Waals surface area (Å²) in [5.74, 6) is -0.922. The van der Waals surface area contributed by atoms with Gasteiger partial charge < -0.3 is 5.11 Å². The number of hydrogen-bond acceptors (Lipinski definition) is 3. The van der Waals surface area contributed by atoms with Crippen molar-refractivity contribution in [3.63, 3.8) is 0 Å². The van der Waals surface area contributed by atoms with Crippen LogP contribution >= 0.6 is 24.0 Å². The van der Waals surface area contributed by atoms with Gasteiger partial charge in [-0.1, -0.05) is 0 Å². The van der Waals surface area contributed by atoms with E-state index in [-0.39, 0.29) is 37.8 Å². The van der Waals surface area contributed by atoms with Gasteiger partial charge in [-0.2, -0.15) is 8.78 Å². The van der Waals surface area contributed by atoms with Gasteiger partial charge in [-0.05, 0) is 0 Å². The molecule has 0 aromatic rings. The monoisotopic (exact) mass is 384 g/mol. The largest absolute Gasteiger partial charge is 0 e. The van der Waals surface area contributed by atoms with Crippen molar-refractivity contribution in [1.29, 1.82) is 0 Å². The maximum atomic E-state index is 11.0. The summed E-state index contributed by atoms with van der Waals surface area (Å²) in [4.78, 5) is 8.95. The molecule has 86 valence electrons. The second kappa shape index (κ2) is 9.03. The first-order chi connectivity index (χ1) is 5.20. The van der Waals surface area contributed by atoms with Crippen LogP contribution in [0.25, 0.3) is 0 Å². The third-order valence-corrected chi connectivity index (χ3v) is 2.01. The molecule has 0 aromatic heterocycles. The second-order valence-electron chi connectivity index (χ2n) is 1.10. The number of aliphatic carboxylic acids is 1. The molecule has 0 aliphatic carbocycles. The molecule has 0 saturated carbocycles. The van der Waals surface area contributed by atoms with E-state index in [0.29, 0.717) is 0 Å². The van der Waals surface area contributed by atoms with Gasteiger partial charge in [-0.15, -0.1) is 0 Å². The molecule has 0 aliphatic heterocycles. The predicted octanol–water partition coefficient (Wildman–Crippen LogP) is 1.55. The Labute approximate surface area is 95.3 Å². The maximum absolute atomic E-state index is 11.0. The van der Waals surface area contributed by atoms with Crippen molar-refractivity contribution in [3.05, 3.63) is 0 Å². The Bertz CT molecular complexity index is 231. The summed E-state index contributed by atoms with van der Waals surface area (Å²) < 4.78 is 50.7. The molecule has 0 aromatic carbocycles. The van der Waals surface area contributed by atoms with E-state index in [0.717, 1.165) is 5.82 Å². The maximum Gasteiger partial charge on any atom is 0 e. The van der Waals surface area contributed by atoms with Crippen LogP contribution in [-0.2, 0) is 27.3 Å². The molecule has 0 atom stereocenters. The molecule has 0 unspecified atom stereocenters. The predicted molar refractivity (Wildman–Crippen MR) is 43.6 cm³/mol. The van der Waals surface area contributed by atoms with E-state index in [1.807, 2.05) is 0 Å². The standard InChI is InChI=1S/C2H2F2O2.CH3.Cu.FO2S.I/c3-1(4)2(5)6;;;1-4(2)3;/h1H,(H,5,6);1H3;;;. The van der Waals surface area contributed by atoms with Crippen LogP contribution in [0.15, 0.2) is 0 Å². The summed E-state index contributed by atoms with van der Waals surface area (Å²) in [7, 11) is -4.26. The average molecular weight is 385 g/mol. The molecule has 0 amide bonds. The van der Waals surface area contributed by atoms with Crippen LogP contribution in [0.5, 0.6) is 0 Å². The molecule has 10 heteroatoms. The average Bonchev–Trinajstić information content (AvgIpc) is 1.87. The molecule has 1 N–H and O–H groups in total. The fraction of sp³-hybridized carbons (Fsp3) is 0.667. The number of halogens is 4. The molecule has 4 nitrogen and oxygen atoms in total. The van der Waals surface area contributed by atoms with E-state index >= 15 is 0 Å². The number of carbonyl (C=O) groups is 1. The van der Waals surface area contributed by atoms with E-state index < -0.39 is 21.0 Å². The third-order valence-electron chi connectivity index (χ3n) is 0.334. The smallest absolute Gasteiger partial charge is 0 e. The molecule has 0 rings (SSSR count). The molecule has 0 bridgehead atoms. The van der Waals surface area contributed by atoms with Crippen LogP contribution in [0.3, 0.4) is 0 Å². The van der Waals surface area contributed by atoms with Gasteiger partial charge in [-0.3, -0.25) is 0 Å². The van der Waals surface area contributed by atoms with Crippen LogP contribution in [0.4, 0.5) is 12.7 Å². The Morgan fingerprint density at radius 1 is 1.46 bits per heavy atom. The van der Waals surface area contributed by atoms with Crippen molar-refractivity contribution in [2.24, 2.45) is 0 Å². The summed E-state index contributed by atoms with van der Waals surface area (Å²) in [6, 6.07) is 0. The van der Waals surface area contributed by atoms with Gasteiger partial charge in [0.15, 0.2) is 0 Å². The van der Waals surface area contributed by atoms with E-state index in [9.17, 15) is 21.1 Å². The van der Waals surface area contributed by atoms with Crippen LogP contribution in [0.1, 0.15) is 0 Å². The summed E-state index contributed by atoms with van der Waals surface area (Å²) in [5.41, 5.74) is 0. The Morgan fingerprint density at radius 2 is 1.62 bits per heavy atom. The zero-order valence-corrected chi connectivity index (χ0v) is 9.89. The van der Waals surface area contributed by atoms with Crippen LogP contribution in [0, 0.1) is 0 Å². The first-order valence-corrected chi connectivity index (χ1v) is 5.38. The molecule has 1 radical (unpaired) electrons. The summed E-state index contributed by atoms with van der Waals surface area (Å²) in [6.45, 7) is 0. The van der Waals surface area contributed by atoms with Gasteiger partial charge in [0.25, 0.3) is 0 Å². The summed E-state index contributed by atoms with van der Waals surface area (Å²) >= 11 is 0.264. The minimum atomic E-state index is -4.26. The van der Waals surface area contributed by atoms with Crippen molar-refractivity contribution in [2.45, 2.75) is 12.2 Å². The van der Waals surface area contributed by atoms with Gasteiger partial charge >= 0.3 is 53.0 Å². The quantitative estimate of drug-likeness (QED) is 0.445. The molecule has 0 heterocycles. The number of rotatable bonds is 2. The van der Waals surface area contributed by atoms with E-state index in [2.05, 4.69) is 0 Å². The number of alkyl halides is 2. The van der Waals surface area contributed by atoms with Gasteiger partial charge in [-0.25, -0.2) is 4.79 Å². The molecule has 0 fully saturated rings. The Kier molecular flexibility index (Phi) is 13.3. The normalized spacial score (nSPS) is 9.92. The van der Waals surface area contributed by atoms with Crippen molar-refractivity contribution in [1.82, 2.24) is 0 Å². The Hall–Kier alpha value is 0.459. The van der Waals surface area contributed by atoms with Gasteiger partial charge in [0.2, 0.25) is 0 Å². The minimum absolute atomic E-state index is 0. The molecule has 13 heavy (non-hydrogen) atoms. The fourth-order valence-corrected chi connectivity index (χ4v) is 0. The van der Waals surface area contributed by atoms with Crippen molar-refractivity contribution >= 4 is 38.6 Å². The van der Waals surface area contributed by atoms with Crippen LogP contribution in [-0.4, -0.2) is 25.9 Å². The van der Waals surface area contributed by atoms with Crippen molar-refractivity contribution in [3.8, 4) is 0 Å². The Morgan fingerprint density at radius 3 is 1.62 bits per heavy atom. The number of carboxylic acid groups (broad SMARTS) is 1. The zero-order valence-electron chi connectivity index (χ0n) is 5.97. The summed E-state index contributed by atoms with van der Waals surface area (Å²) in [6.07, 6.45) is -3.23. The topological polar surface area (TPSA) is 71.4 Å². The number of carboxylic acids is 1. The van der Waals surface area contributed by atoms with Crippen LogP contribution in [0.2, 0.25) is 5.82 Å².